The van der Waals surface area contributed by atoms with Crippen LogP contribution in [0, 0.1) is 0 Å². The van der Waals surface area contributed by atoms with Gasteiger partial charge in [-0.2, -0.15) is 0 Å². The molecule has 0 spiro atoms. The molecule has 6 heteroatoms. The Bertz CT molecular complexity index is 566. The Morgan fingerprint density at radius 1 is 1.21 bits per heavy atom. The van der Waals surface area contributed by atoms with Gasteiger partial charge in [0.05, 0.1) is 32.2 Å². The molecule has 0 saturated carbocycles. The van der Waals surface area contributed by atoms with E-state index in [4.69, 9.17) is 9.47 Å². The van der Waals surface area contributed by atoms with Crippen LogP contribution in [0.15, 0.2) is 18.2 Å². The molecule has 0 fully saturated rings. The van der Waals surface area contributed by atoms with Crippen molar-refractivity contribution in [1.82, 2.24) is 15.0 Å². The topological polar surface area (TPSA) is 69.4 Å². The van der Waals surface area contributed by atoms with E-state index >= 15 is 0 Å². The highest BCUT2D eigenvalue weighted by Gasteiger charge is 2.13. The van der Waals surface area contributed by atoms with Gasteiger partial charge in [0.15, 0.2) is 11.5 Å². The number of rotatable bonds is 5. The van der Waals surface area contributed by atoms with Crippen LogP contribution >= 0.6 is 0 Å². The molecule has 2 aromatic rings. The van der Waals surface area contributed by atoms with E-state index in [0.717, 1.165) is 17.8 Å². The normalized spacial score (nSPS) is 10.5. The zero-order valence-electron chi connectivity index (χ0n) is 11.3. The summed E-state index contributed by atoms with van der Waals surface area (Å²) < 4.78 is 12.2. The van der Waals surface area contributed by atoms with Crippen molar-refractivity contribution in [2.75, 3.05) is 14.2 Å². The van der Waals surface area contributed by atoms with Gasteiger partial charge in [-0.3, -0.25) is 0 Å². The summed E-state index contributed by atoms with van der Waals surface area (Å²) in [6.45, 7) is 1.88. The highest BCUT2D eigenvalue weighted by molar-refractivity contribution is 5.49. The summed E-state index contributed by atoms with van der Waals surface area (Å²) in [6.07, 6.45) is 0.733. The molecule has 102 valence electrons. The van der Waals surface area contributed by atoms with Crippen molar-refractivity contribution in [1.29, 1.82) is 0 Å². The molecule has 1 heterocycles. The Balaban J connectivity index is 2.50. The monoisotopic (exact) mass is 263 g/mol. The summed E-state index contributed by atoms with van der Waals surface area (Å²) >= 11 is 0. The van der Waals surface area contributed by atoms with Crippen LogP contribution in [-0.2, 0) is 13.0 Å². The molecular formula is C13H17N3O3. The van der Waals surface area contributed by atoms with Gasteiger partial charge in [-0.05, 0) is 18.6 Å². The lowest BCUT2D eigenvalue weighted by molar-refractivity contribution is 0.275. The molecular weight excluding hydrogens is 246 g/mol. The van der Waals surface area contributed by atoms with E-state index < -0.39 is 0 Å². The van der Waals surface area contributed by atoms with E-state index in [-0.39, 0.29) is 6.61 Å². The summed E-state index contributed by atoms with van der Waals surface area (Å²) in [5.74, 6) is 1.29. The van der Waals surface area contributed by atoms with Crippen LogP contribution in [0.5, 0.6) is 11.5 Å². The van der Waals surface area contributed by atoms with Gasteiger partial charge in [-0.25, -0.2) is 4.68 Å². The van der Waals surface area contributed by atoms with E-state index in [9.17, 15) is 5.11 Å². The fourth-order valence-electron chi connectivity index (χ4n) is 1.97. The number of aliphatic hydroxyl groups is 1. The minimum absolute atomic E-state index is 0.115. The third-order valence-corrected chi connectivity index (χ3v) is 2.94. The highest BCUT2D eigenvalue weighted by atomic mass is 16.5. The standard InChI is InChI=1S/C13H17N3O3/c1-4-11-10(8-17)14-15-16(11)9-5-6-12(18-2)13(7-9)19-3/h5-7,17H,4,8H2,1-3H3. The molecule has 0 aliphatic carbocycles. The number of aliphatic hydroxyl groups excluding tert-OH is 1. The van der Waals surface area contributed by atoms with Crippen molar-refractivity contribution in [3.05, 3.63) is 29.6 Å². The number of aromatic nitrogens is 3. The first-order valence-electron chi connectivity index (χ1n) is 6.01. The molecule has 0 atom stereocenters. The second-order valence-corrected chi connectivity index (χ2v) is 3.95. The molecule has 1 aromatic heterocycles. The number of hydrogen-bond donors (Lipinski definition) is 1. The quantitative estimate of drug-likeness (QED) is 0.881. The van der Waals surface area contributed by atoms with Crippen LogP contribution in [-0.4, -0.2) is 34.3 Å². The summed E-state index contributed by atoms with van der Waals surface area (Å²) in [4.78, 5) is 0. The van der Waals surface area contributed by atoms with Crippen LogP contribution in [0.2, 0.25) is 0 Å². The number of methoxy groups -OCH3 is 2. The van der Waals surface area contributed by atoms with Crippen LogP contribution in [0.3, 0.4) is 0 Å². The SMILES string of the molecule is CCc1c(CO)nnn1-c1ccc(OC)c(OC)c1. The largest absolute Gasteiger partial charge is 0.493 e. The molecule has 1 aromatic carbocycles. The molecule has 0 aliphatic heterocycles. The first-order valence-corrected chi connectivity index (χ1v) is 6.01. The lowest BCUT2D eigenvalue weighted by Crippen LogP contribution is -2.03. The Hall–Kier alpha value is -2.08. The summed E-state index contributed by atoms with van der Waals surface area (Å²) in [7, 11) is 3.18. The molecule has 0 saturated heterocycles. The maximum Gasteiger partial charge on any atom is 0.162 e. The van der Waals surface area contributed by atoms with E-state index in [1.807, 2.05) is 25.1 Å². The van der Waals surface area contributed by atoms with E-state index in [0.29, 0.717) is 17.2 Å². The first-order chi connectivity index (χ1) is 9.24. The highest BCUT2D eigenvalue weighted by Crippen LogP contribution is 2.29. The molecule has 6 nitrogen and oxygen atoms in total. The van der Waals surface area contributed by atoms with Gasteiger partial charge in [0.1, 0.15) is 5.69 Å². The maximum atomic E-state index is 9.23. The van der Waals surface area contributed by atoms with Gasteiger partial charge in [0.2, 0.25) is 0 Å². The van der Waals surface area contributed by atoms with Crippen molar-refractivity contribution in [3.8, 4) is 17.2 Å². The summed E-state index contributed by atoms with van der Waals surface area (Å²) in [5, 5.41) is 17.3. The minimum Gasteiger partial charge on any atom is -0.493 e. The van der Waals surface area contributed by atoms with Gasteiger partial charge < -0.3 is 14.6 Å². The van der Waals surface area contributed by atoms with Crippen molar-refractivity contribution in [2.45, 2.75) is 20.0 Å². The zero-order chi connectivity index (χ0) is 13.8. The fraction of sp³-hybridized carbons (Fsp3) is 0.385. The van der Waals surface area contributed by atoms with Crippen LogP contribution in [0.4, 0.5) is 0 Å². The smallest absolute Gasteiger partial charge is 0.162 e. The summed E-state index contributed by atoms with van der Waals surface area (Å²) in [6, 6.07) is 5.51. The zero-order valence-corrected chi connectivity index (χ0v) is 11.3. The van der Waals surface area contributed by atoms with E-state index in [1.165, 1.54) is 0 Å². The van der Waals surface area contributed by atoms with E-state index in [1.54, 1.807) is 18.9 Å². The van der Waals surface area contributed by atoms with Gasteiger partial charge in [-0.15, -0.1) is 5.10 Å². The fourth-order valence-corrected chi connectivity index (χ4v) is 1.97. The lowest BCUT2D eigenvalue weighted by atomic mass is 10.2. The van der Waals surface area contributed by atoms with Gasteiger partial charge in [0.25, 0.3) is 0 Å². The molecule has 0 unspecified atom stereocenters. The van der Waals surface area contributed by atoms with E-state index in [2.05, 4.69) is 10.3 Å². The molecule has 0 amide bonds. The number of benzene rings is 1. The second-order valence-electron chi connectivity index (χ2n) is 3.95. The van der Waals surface area contributed by atoms with Gasteiger partial charge in [0, 0.05) is 6.07 Å². The second kappa shape index (κ2) is 5.71. The first kappa shape index (κ1) is 13.4. The van der Waals surface area contributed by atoms with Crippen molar-refractivity contribution < 1.29 is 14.6 Å². The third-order valence-electron chi connectivity index (χ3n) is 2.94. The Labute approximate surface area is 111 Å². The average Bonchev–Trinajstić information content (AvgIpc) is 2.89. The third kappa shape index (κ3) is 2.39. The molecule has 0 aliphatic rings. The molecule has 19 heavy (non-hydrogen) atoms. The predicted molar refractivity (Wildman–Crippen MR) is 69.8 cm³/mol. The number of nitrogens with zero attached hydrogens (tertiary/aromatic N) is 3. The van der Waals surface area contributed by atoms with Gasteiger partial charge >= 0.3 is 0 Å². The van der Waals surface area contributed by atoms with Crippen molar-refractivity contribution >= 4 is 0 Å². The Kier molecular flexibility index (Phi) is 4.01. The molecule has 1 N–H and O–H groups in total. The van der Waals surface area contributed by atoms with Crippen molar-refractivity contribution in [3.63, 3.8) is 0 Å². The van der Waals surface area contributed by atoms with Crippen LogP contribution < -0.4 is 9.47 Å². The average molecular weight is 263 g/mol. The minimum atomic E-state index is -0.115. The maximum absolute atomic E-state index is 9.23. The lowest BCUT2D eigenvalue weighted by Gasteiger charge is -2.10. The Morgan fingerprint density at radius 2 is 1.95 bits per heavy atom. The van der Waals surface area contributed by atoms with Crippen LogP contribution in [0.1, 0.15) is 18.3 Å². The van der Waals surface area contributed by atoms with Crippen molar-refractivity contribution in [2.24, 2.45) is 0 Å². The summed E-state index contributed by atoms with van der Waals surface area (Å²) in [5.41, 5.74) is 2.30. The molecule has 0 bridgehead atoms. The Morgan fingerprint density at radius 3 is 2.53 bits per heavy atom. The number of ether oxygens (including phenoxy) is 2. The van der Waals surface area contributed by atoms with Gasteiger partial charge in [-0.1, -0.05) is 12.1 Å². The molecule has 2 rings (SSSR count). The number of hydrogen-bond acceptors (Lipinski definition) is 5. The molecule has 0 radical (unpaired) electrons. The van der Waals surface area contributed by atoms with Crippen LogP contribution in [0.25, 0.3) is 5.69 Å². The predicted octanol–water partition coefficient (Wildman–Crippen LogP) is 1.34.